The Labute approximate surface area is 337 Å². The lowest BCUT2D eigenvalue weighted by Crippen LogP contribution is -1.95. The van der Waals surface area contributed by atoms with E-state index in [4.69, 9.17) is 9.97 Å². The third kappa shape index (κ3) is 6.09. The molecular formula is C56H36N2. The molecule has 0 saturated heterocycles. The Hall–Kier alpha value is -7.68. The molecule has 0 spiro atoms. The van der Waals surface area contributed by atoms with Gasteiger partial charge in [0, 0.05) is 21.9 Å². The summed E-state index contributed by atoms with van der Waals surface area (Å²) >= 11 is 0. The first-order valence-corrected chi connectivity index (χ1v) is 19.8. The number of benzene rings is 9. The Morgan fingerprint density at radius 2 is 0.569 bits per heavy atom. The fourth-order valence-corrected chi connectivity index (χ4v) is 8.39. The Bertz CT molecular complexity index is 3070. The number of hydrogen-bond acceptors (Lipinski definition) is 2. The van der Waals surface area contributed by atoms with Crippen LogP contribution in [0.2, 0.25) is 0 Å². The van der Waals surface area contributed by atoms with E-state index in [1.807, 2.05) is 0 Å². The minimum Gasteiger partial charge on any atom is -0.245 e. The maximum absolute atomic E-state index is 5.49. The van der Waals surface area contributed by atoms with Gasteiger partial charge in [0.25, 0.3) is 0 Å². The van der Waals surface area contributed by atoms with E-state index in [0.717, 1.165) is 66.6 Å². The van der Waals surface area contributed by atoms with Crippen molar-refractivity contribution in [2.45, 2.75) is 0 Å². The zero-order valence-corrected chi connectivity index (χ0v) is 31.7. The molecule has 11 aromatic rings. The number of nitrogens with zero attached hydrogens (tertiary/aromatic N) is 2. The van der Waals surface area contributed by atoms with Gasteiger partial charge in [0.1, 0.15) is 0 Å². The first-order chi connectivity index (χ1) is 28.7. The van der Waals surface area contributed by atoms with Crippen LogP contribution >= 0.6 is 0 Å². The lowest BCUT2D eigenvalue weighted by molar-refractivity contribution is 1.36. The van der Waals surface area contributed by atoms with Crippen LogP contribution in [0.1, 0.15) is 0 Å². The minimum atomic E-state index is 0.888. The lowest BCUT2D eigenvalue weighted by Gasteiger charge is -2.16. The zero-order chi connectivity index (χ0) is 38.4. The van der Waals surface area contributed by atoms with E-state index in [2.05, 4.69) is 218 Å². The van der Waals surface area contributed by atoms with Gasteiger partial charge >= 0.3 is 0 Å². The monoisotopic (exact) mass is 736 g/mol. The first-order valence-electron chi connectivity index (χ1n) is 19.8. The maximum Gasteiger partial charge on any atom is 0.0978 e. The van der Waals surface area contributed by atoms with Crippen molar-refractivity contribution in [1.82, 2.24) is 9.97 Å². The van der Waals surface area contributed by atoms with Gasteiger partial charge in [-0.1, -0.05) is 194 Å². The van der Waals surface area contributed by atoms with E-state index in [1.54, 1.807) is 0 Å². The molecule has 58 heavy (non-hydrogen) atoms. The largest absolute Gasteiger partial charge is 0.245 e. The summed E-state index contributed by atoms with van der Waals surface area (Å²) in [6.07, 6.45) is 0. The van der Waals surface area contributed by atoms with Gasteiger partial charge in [0.05, 0.1) is 22.4 Å². The average molecular weight is 737 g/mol. The van der Waals surface area contributed by atoms with E-state index in [0.29, 0.717) is 0 Å². The average Bonchev–Trinajstić information content (AvgIpc) is 3.31. The molecule has 270 valence electrons. The van der Waals surface area contributed by atoms with Crippen LogP contribution in [0.25, 0.3) is 110 Å². The number of rotatable bonds is 6. The molecule has 0 amide bonds. The van der Waals surface area contributed by atoms with Crippen molar-refractivity contribution < 1.29 is 0 Å². The Morgan fingerprint density at radius 3 is 0.983 bits per heavy atom. The number of aromatic nitrogens is 2. The molecule has 2 heterocycles. The van der Waals surface area contributed by atoms with Crippen LogP contribution in [-0.4, -0.2) is 9.97 Å². The van der Waals surface area contributed by atoms with E-state index < -0.39 is 0 Å². The molecule has 0 N–H and O–H groups in total. The second-order valence-electron chi connectivity index (χ2n) is 15.0. The normalized spacial score (nSPS) is 11.4. The van der Waals surface area contributed by atoms with Crippen LogP contribution < -0.4 is 0 Å². The zero-order valence-electron chi connectivity index (χ0n) is 31.7. The molecule has 0 saturated carbocycles. The second kappa shape index (κ2) is 14.1. The lowest BCUT2D eigenvalue weighted by atomic mass is 9.93. The Kier molecular flexibility index (Phi) is 8.19. The fraction of sp³-hybridized carbons (Fsp3) is 0. The summed E-state index contributed by atoms with van der Waals surface area (Å²) in [5.41, 5.74) is 15.0. The summed E-state index contributed by atoms with van der Waals surface area (Å²) in [7, 11) is 0. The molecule has 0 fully saturated rings. The highest BCUT2D eigenvalue weighted by Gasteiger charge is 2.17. The van der Waals surface area contributed by atoms with Crippen LogP contribution in [0.15, 0.2) is 218 Å². The van der Waals surface area contributed by atoms with E-state index in [-0.39, 0.29) is 0 Å². The molecule has 0 aliphatic carbocycles. The van der Waals surface area contributed by atoms with Crippen molar-refractivity contribution in [3.8, 4) is 67.0 Å². The summed E-state index contributed by atoms with van der Waals surface area (Å²) in [5, 5.41) is 7.11. The summed E-state index contributed by atoms with van der Waals surface area (Å²) < 4.78 is 0. The van der Waals surface area contributed by atoms with Crippen LogP contribution in [0, 0.1) is 0 Å². The molecule has 0 aliphatic heterocycles. The first kappa shape index (κ1) is 33.6. The molecule has 0 atom stereocenters. The predicted molar refractivity (Wildman–Crippen MR) is 245 cm³/mol. The number of fused-ring (bicyclic) bond motifs is 5. The van der Waals surface area contributed by atoms with Gasteiger partial charge in [0.2, 0.25) is 0 Å². The quantitative estimate of drug-likeness (QED) is 0.159. The molecular weight excluding hydrogens is 701 g/mol. The van der Waals surface area contributed by atoms with Gasteiger partial charge < -0.3 is 0 Å². The van der Waals surface area contributed by atoms with Crippen molar-refractivity contribution in [2.75, 3.05) is 0 Å². The van der Waals surface area contributed by atoms with Gasteiger partial charge in [0.15, 0.2) is 0 Å². The summed E-state index contributed by atoms with van der Waals surface area (Å²) in [6.45, 7) is 0. The molecule has 11 rings (SSSR count). The van der Waals surface area contributed by atoms with Gasteiger partial charge in [-0.15, -0.1) is 0 Å². The van der Waals surface area contributed by atoms with Crippen LogP contribution in [-0.2, 0) is 0 Å². The maximum atomic E-state index is 5.49. The molecule has 2 heteroatoms. The molecule has 0 unspecified atom stereocenters. The highest BCUT2D eigenvalue weighted by atomic mass is 14.8. The SMILES string of the molecule is c1ccc(-c2cc(-c3ccc(-c4ccc5ccccc5c4)cc3)nc3c2ccc2c(-c4ccccc4)cc(-c4ccc(-c5ccc6ccccc6c5)cc4)nc23)cc1. The van der Waals surface area contributed by atoms with Crippen molar-refractivity contribution in [2.24, 2.45) is 0 Å². The minimum absolute atomic E-state index is 0.888. The van der Waals surface area contributed by atoms with Crippen molar-refractivity contribution in [1.29, 1.82) is 0 Å². The van der Waals surface area contributed by atoms with E-state index in [9.17, 15) is 0 Å². The van der Waals surface area contributed by atoms with Gasteiger partial charge in [-0.25, -0.2) is 9.97 Å². The molecule has 2 nitrogen and oxygen atoms in total. The fourth-order valence-electron chi connectivity index (χ4n) is 8.39. The number of hydrogen-bond donors (Lipinski definition) is 0. The third-order valence-corrected chi connectivity index (χ3v) is 11.5. The molecule has 0 aliphatic rings. The van der Waals surface area contributed by atoms with Crippen LogP contribution in [0.5, 0.6) is 0 Å². The summed E-state index contributed by atoms with van der Waals surface area (Å²) in [5.74, 6) is 0. The Morgan fingerprint density at radius 1 is 0.224 bits per heavy atom. The van der Waals surface area contributed by atoms with E-state index >= 15 is 0 Å². The predicted octanol–water partition coefficient (Wildman–Crippen LogP) is 15.1. The molecule has 0 bridgehead atoms. The van der Waals surface area contributed by atoms with Crippen molar-refractivity contribution >= 4 is 43.4 Å². The third-order valence-electron chi connectivity index (χ3n) is 11.5. The summed E-state index contributed by atoms with van der Waals surface area (Å²) in [4.78, 5) is 11.0. The van der Waals surface area contributed by atoms with Crippen molar-refractivity contribution in [3.05, 3.63) is 218 Å². The second-order valence-corrected chi connectivity index (χ2v) is 15.0. The molecule has 0 radical (unpaired) electrons. The van der Waals surface area contributed by atoms with Crippen LogP contribution in [0.4, 0.5) is 0 Å². The molecule has 9 aromatic carbocycles. The van der Waals surface area contributed by atoms with Gasteiger partial charge in [-0.05, 0) is 90.3 Å². The van der Waals surface area contributed by atoms with Crippen molar-refractivity contribution in [3.63, 3.8) is 0 Å². The standard InChI is InChI=1S/C56H36N2/c1-3-13-41(14-4-1)51-35-53(43-25-19-39(20-26-43)47-29-23-37-11-7-9-17-45(37)33-47)57-55-49(51)31-32-50-52(42-15-5-2-6-16-42)36-54(58-56(50)55)44-27-21-40(22-28-44)48-30-24-38-12-8-10-18-46(38)34-48/h1-36H. The highest BCUT2D eigenvalue weighted by Crippen LogP contribution is 2.40. The Balaban J connectivity index is 1.08. The van der Waals surface area contributed by atoms with E-state index in [1.165, 1.54) is 43.8 Å². The number of pyridine rings is 2. The van der Waals surface area contributed by atoms with Crippen LogP contribution in [0.3, 0.4) is 0 Å². The topological polar surface area (TPSA) is 25.8 Å². The summed E-state index contributed by atoms with van der Waals surface area (Å²) in [6, 6.07) is 78.2. The highest BCUT2D eigenvalue weighted by molar-refractivity contribution is 6.13. The smallest absolute Gasteiger partial charge is 0.0978 e. The van der Waals surface area contributed by atoms with Gasteiger partial charge in [-0.3, -0.25) is 0 Å². The van der Waals surface area contributed by atoms with Gasteiger partial charge in [-0.2, -0.15) is 0 Å². The molecule has 2 aromatic heterocycles.